The second-order valence-electron chi connectivity index (χ2n) is 4.91. The van der Waals surface area contributed by atoms with Crippen LogP contribution < -0.4 is 10.6 Å². The van der Waals surface area contributed by atoms with Crippen LogP contribution in [0.2, 0.25) is 5.02 Å². The highest BCUT2D eigenvalue weighted by Crippen LogP contribution is 2.39. The minimum absolute atomic E-state index is 0.514. The molecule has 1 aliphatic carbocycles. The minimum atomic E-state index is 0.514. The van der Waals surface area contributed by atoms with Gasteiger partial charge in [0, 0.05) is 18.5 Å². The summed E-state index contributed by atoms with van der Waals surface area (Å²) in [5.41, 5.74) is 0.858. The average Bonchev–Trinajstić information content (AvgIpc) is 3.26. The highest BCUT2D eigenvalue weighted by Gasteiger charge is 2.27. The van der Waals surface area contributed by atoms with Crippen molar-refractivity contribution in [3.05, 3.63) is 41.2 Å². The maximum Gasteiger partial charge on any atom is 0.136 e. The normalized spacial score (nSPS) is 14.1. The molecular formula is C15H17ClN4. The van der Waals surface area contributed by atoms with E-state index in [1.165, 1.54) is 12.8 Å². The van der Waals surface area contributed by atoms with E-state index in [4.69, 9.17) is 11.6 Å². The fraction of sp³-hybridized carbons (Fsp3) is 0.333. The van der Waals surface area contributed by atoms with Crippen molar-refractivity contribution in [2.45, 2.75) is 25.7 Å². The monoisotopic (exact) mass is 288 g/mol. The van der Waals surface area contributed by atoms with E-state index in [9.17, 15) is 0 Å². The first-order chi connectivity index (χ1) is 9.76. The third-order valence-electron chi connectivity index (χ3n) is 3.18. The molecular weight excluding hydrogens is 272 g/mol. The standard InChI is InChI=1S/C15H17ClN4/c1-2-17-13-9-14(20-15(19-13)10-7-8-10)18-12-6-4-3-5-11(12)16/h3-6,9-10H,2,7-8H2,1H3,(H2,17,18,19,20). The lowest BCUT2D eigenvalue weighted by atomic mass is 10.3. The first-order valence-electron chi connectivity index (χ1n) is 6.90. The topological polar surface area (TPSA) is 49.8 Å². The Morgan fingerprint density at radius 2 is 1.95 bits per heavy atom. The van der Waals surface area contributed by atoms with Gasteiger partial charge in [0.1, 0.15) is 17.5 Å². The van der Waals surface area contributed by atoms with Crippen molar-refractivity contribution in [1.82, 2.24) is 9.97 Å². The second-order valence-corrected chi connectivity index (χ2v) is 5.31. The van der Waals surface area contributed by atoms with Crippen molar-refractivity contribution in [1.29, 1.82) is 0 Å². The van der Waals surface area contributed by atoms with Gasteiger partial charge in [-0.05, 0) is 31.9 Å². The molecule has 5 heteroatoms. The van der Waals surface area contributed by atoms with Gasteiger partial charge < -0.3 is 10.6 Å². The molecule has 0 radical (unpaired) electrons. The molecule has 2 N–H and O–H groups in total. The van der Waals surface area contributed by atoms with Gasteiger partial charge in [0.15, 0.2) is 0 Å². The Morgan fingerprint density at radius 3 is 2.65 bits per heavy atom. The number of halogens is 1. The molecule has 1 aliphatic rings. The molecule has 3 rings (SSSR count). The fourth-order valence-electron chi connectivity index (χ4n) is 2.03. The van der Waals surface area contributed by atoms with Crippen LogP contribution in [0.15, 0.2) is 30.3 Å². The summed E-state index contributed by atoms with van der Waals surface area (Å²) < 4.78 is 0. The summed E-state index contributed by atoms with van der Waals surface area (Å²) in [5, 5.41) is 7.20. The predicted molar refractivity (Wildman–Crippen MR) is 82.9 cm³/mol. The van der Waals surface area contributed by atoms with Crippen molar-refractivity contribution in [2.24, 2.45) is 0 Å². The molecule has 4 nitrogen and oxygen atoms in total. The molecule has 0 spiro atoms. The number of aromatic nitrogens is 2. The Labute approximate surface area is 123 Å². The lowest BCUT2D eigenvalue weighted by Gasteiger charge is -2.11. The maximum absolute atomic E-state index is 6.17. The van der Waals surface area contributed by atoms with E-state index in [-0.39, 0.29) is 0 Å². The van der Waals surface area contributed by atoms with Gasteiger partial charge in [-0.25, -0.2) is 9.97 Å². The molecule has 104 valence electrons. The number of benzene rings is 1. The molecule has 0 amide bonds. The van der Waals surface area contributed by atoms with Crippen LogP contribution in [0.25, 0.3) is 0 Å². The summed E-state index contributed by atoms with van der Waals surface area (Å²) in [5.74, 6) is 3.07. The maximum atomic E-state index is 6.17. The van der Waals surface area contributed by atoms with E-state index in [0.29, 0.717) is 10.9 Å². The number of anilines is 3. The number of rotatable bonds is 5. The molecule has 0 aliphatic heterocycles. The van der Waals surface area contributed by atoms with Gasteiger partial charge in [0.05, 0.1) is 10.7 Å². The summed E-state index contributed by atoms with van der Waals surface area (Å²) in [6.07, 6.45) is 2.36. The Kier molecular flexibility index (Phi) is 3.74. The summed E-state index contributed by atoms with van der Waals surface area (Å²) in [6.45, 7) is 2.90. The third kappa shape index (κ3) is 3.02. The summed E-state index contributed by atoms with van der Waals surface area (Å²) >= 11 is 6.17. The van der Waals surface area contributed by atoms with E-state index in [2.05, 4.69) is 27.5 Å². The molecule has 1 saturated carbocycles. The van der Waals surface area contributed by atoms with Crippen molar-refractivity contribution in [3.8, 4) is 0 Å². The van der Waals surface area contributed by atoms with Crippen molar-refractivity contribution in [2.75, 3.05) is 17.2 Å². The van der Waals surface area contributed by atoms with E-state index in [0.717, 1.165) is 29.7 Å². The Hall–Kier alpha value is -1.81. The molecule has 0 atom stereocenters. The Balaban J connectivity index is 1.89. The molecule has 0 bridgehead atoms. The first kappa shape index (κ1) is 13.2. The van der Waals surface area contributed by atoms with E-state index in [1.54, 1.807) is 0 Å². The molecule has 2 aromatic rings. The zero-order chi connectivity index (χ0) is 13.9. The highest BCUT2D eigenvalue weighted by atomic mass is 35.5. The third-order valence-corrected chi connectivity index (χ3v) is 3.51. The molecule has 1 heterocycles. The zero-order valence-electron chi connectivity index (χ0n) is 11.4. The summed E-state index contributed by atoms with van der Waals surface area (Å²) in [7, 11) is 0. The SMILES string of the molecule is CCNc1cc(Nc2ccccc2Cl)nc(C2CC2)n1. The quantitative estimate of drug-likeness (QED) is 0.866. The fourth-order valence-corrected chi connectivity index (χ4v) is 2.21. The largest absolute Gasteiger partial charge is 0.370 e. The van der Waals surface area contributed by atoms with E-state index in [1.807, 2.05) is 30.3 Å². The van der Waals surface area contributed by atoms with Gasteiger partial charge in [-0.15, -0.1) is 0 Å². The number of nitrogens with one attached hydrogen (secondary N) is 2. The van der Waals surface area contributed by atoms with Crippen LogP contribution in [-0.4, -0.2) is 16.5 Å². The summed E-state index contributed by atoms with van der Waals surface area (Å²) in [6, 6.07) is 9.57. The molecule has 0 saturated heterocycles. The van der Waals surface area contributed by atoms with Crippen LogP contribution in [0, 0.1) is 0 Å². The van der Waals surface area contributed by atoms with Crippen LogP contribution in [0.4, 0.5) is 17.3 Å². The highest BCUT2D eigenvalue weighted by molar-refractivity contribution is 6.33. The Morgan fingerprint density at radius 1 is 1.20 bits per heavy atom. The van der Waals surface area contributed by atoms with Crippen LogP contribution in [0.5, 0.6) is 0 Å². The summed E-state index contributed by atoms with van der Waals surface area (Å²) in [4.78, 5) is 9.15. The molecule has 20 heavy (non-hydrogen) atoms. The molecule has 0 unspecified atom stereocenters. The van der Waals surface area contributed by atoms with E-state index < -0.39 is 0 Å². The number of hydrogen-bond donors (Lipinski definition) is 2. The number of nitrogens with zero attached hydrogens (tertiary/aromatic N) is 2. The Bertz CT molecular complexity index is 611. The number of para-hydroxylation sites is 1. The van der Waals surface area contributed by atoms with Gasteiger partial charge in [-0.1, -0.05) is 23.7 Å². The van der Waals surface area contributed by atoms with Crippen molar-refractivity contribution < 1.29 is 0 Å². The number of hydrogen-bond acceptors (Lipinski definition) is 4. The van der Waals surface area contributed by atoms with Crippen LogP contribution in [0.1, 0.15) is 31.5 Å². The minimum Gasteiger partial charge on any atom is -0.370 e. The average molecular weight is 289 g/mol. The first-order valence-corrected chi connectivity index (χ1v) is 7.28. The molecule has 1 fully saturated rings. The lowest BCUT2D eigenvalue weighted by molar-refractivity contribution is 0.927. The van der Waals surface area contributed by atoms with E-state index >= 15 is 0 Å². The van der Waals surface area contributed by atoms with Gasteiger partial charge >= 0.3 is 0 Å². The second kappa shape index (κ2) is 5.67. The molecule has 1 aromatic heterocycles. The van der Waals surface area contributed by atoms with Crippen LogP contribution >= 0.6 is 11.6 Å². The van der Waals surface area contributed by atoms with Gasteiger partial charge in [-0.2, -0.15) is 0 Å². The van der Waals surface area contributed by atoms with Crippen molar-refractivity contribution >= 4 is 28.9 Å². The zero-order valence-corrected chi connectivity index (χ0v) is 12.1. The van der Waals surface area contributed by atoms with Crippen molar-refractivity contribution in [3.63, 3.8) is 0 Å². The smallest absolute Gasteiger partial charge is 0.136 e. The lowest BCUT2D eigenvalue weighted by Crippen LogP contribution is -2.05. The van der Waals surface area contributed by atoms with Crippen LogP contribution in [-0.2, 0) is 0 Å². The predicted octanol–water partition coefficient (Wildman–Crippen LogP) is 4.18. The van der Waals surface area contributed by atoms with Gasteiger partial charge in [0.2, 0.25) is 0 Å². The molecule has 1 aromatic carbocycles. The van der Waals surface area contributed by atoms with Gasteiger partial charge in [0.25, 0.3) is 0 Å². The van der Waals surface area contributed by atoms with Gasteiger partial charge in [-0.3, -0.25) is 0 Å². The van der Waals surface area contributed by atoms with Crippen LogP contribution in [0.3, 0.4) is 0 Å².